The molecule has 16 heavy (non-hydrogen) atoms. The molecule has 0 aliphatic rings. The van der Waals surface area contributed by atoms with Crippen LogP contribution in [-0.4, -0.2) is 36.1 Å². The molecule has 1 atom stereocenters. The first-order valence-electron chi connectivity index (χ1n) is 5.66. The molecule has 0 aromatic rings. The van der Waals surface area contributed by atoms with Crippen molar-refractivity contribution in [2.24, 2.45) is 5.92 Å². The summed E-state index contributed by atoms with van der Waals surface area (Å²) in [6.07, 6.45) is 0.901. The predicted octanol–water partition coefficient (Wildman–Crippen LogP) is 0.601. The molecule has 0 aromatic heterocycles. The van der Waals surface area contributed by atoms with E-state index in [4.69, 9.17) is 5.11 Å². The van der Waals surface area contributed by atoms with Gasteiger partial charge in [-0.3, -0.25) is 9.59 Å². The van der Waals surface area contributed by atoms with Crippen LogP contribution in [0.5, 0.6) is 0 Å². The minimum absolute atomic E-state index is 0.0364. The lowest BCUT2D eigenvalue weighted by Crippen LogP contribution is -2.31. The van der Waals surface area contributed by atoms with Crippen molar-refractivity contribution in [2.45, 2.75) is 39.7 Å². The highest BCUT2D eigenvalue weighted by atomic mass is 16.4. The monoisotopic (exact) mass is 230 g/mol. The Balaban J connectivity index is 3.47. The normalized spacial score (nSPS) is 12.5. The smallest absolute Gasteiger partial charge is 0.306 e. The van der Waals surface area contributed by atoms with E-state index in [9.17, 15) is 9.59 Å². The van der Waals surface area contributed by atoms with Crippen LogP contribution in [0.4, 0.5) is 0 Å². The van der Waals surface area contributed by atoms with E-state index in [2.05, 4.69) is 10.6 Å². The summed E-state index contributed by atoms with van der Waals surface area (Å²) in [5.41, 5.74) is 0. The number of hydrogen-bond acceptors (Lipinski definition) is 3. The Morgan fingerprint density at radius 1 is 1.19 bits per heavy atom. The van der Waals surface area contributed by atoms with Crippen molar-refractivity contribution in [3.8, 4) is 0 Å². The largest absolute Gasteiger partial charge is 0.481 e. The van der Waals surface area contributed by atoms with Gasteiger partial charge in [-0.25, -0.2) is 0 Å². The lowest BCUT2D eigenvalue weighted by atomic mass is 10.1. The molecular formula is C11H22N2O3. The molecule has 0 aliphatic carbocycles. The summed E-state index contributed by atoms with van der Waals surface area (Å²) in [7, 11) is 0. The van der Waals surface area contributed by atoms with Crippen LogP contribution in [0.2, 0.25) is 0 Å². The molecule has 1 unspecified atom stereocenters. The summed E-state index contributed by atoms with van der Waals surface area (Å²) in [5.74, 6) is -1.27. The number of carboxylic acid groups (broad SMARTS) is 1. The van der Waals surface area contributed by atoms with Crippen LogP contribution in [0.25, 0.3) is 0 Å². The van der Waals surface area contributed by atoms with Crippen molar-refractivity contribution in [1.82, 2.24) is 10.6 Å². The molecule has 0 saturated carbocycles. The first kappa shape index (κ1) is 14.9. The van der Waals surface area contributed by atoms with E-state index >= 15 is 0 Å². The fourth-order valence-corrected chi connectivity index (χ4v) is 1.11. The zero-order chi connectivity index (χ0) is 12.6. The highest BCUT2D eigenvalue weighted by molar-refractivity contribution is 5.76. The average Bonchev–Trinajstić information content (AvgIpc) is 2.16. The molecule has 0 spiro atoms. The number of amides is 1. The van der Waals surface area contributed by atoms with E-state index in [1.165, 1.54) is 0 Å². The molecule has 0 heterocycles. The van der Waals surface area contributed by atoms with Crippen LogP contribution in [-0.2, 0) is 9.59 Å². The Kier molecular flexibility index (Phi) is 7.54. The van der Waals surface area contributed by atoms with E-state index < -0.39 is 11.9 Å². The third-order valence-corrected chi connectivity index (χ3v) is 2.23. The molecule has 5 heteroatoms. The van der Waals surface area contributed by atoms with Gasteiger partial charge in [0.25, 0.3) is 0 Å². The molecule has 0 saturated heterocycles. The van der Waals surface area contributed by atoms with Gasteiger partial charge in [-0.2, -0.15) is 0 Å². The maximum Gasteiger partial charge on any atom is 0.306 e. The highest BCUT2D eigenvalue weighted by Crippen LogP contribution is 1.99. The zero-order valence-corrected chi connectivity index (χ0v) is 10.2. The van der Waals surface area contributed by atoms with Crippen LogP contribution in [0, 0.1) is 5.92 Å². The molecule has 1 amide bonds. The van der Waals surface area contributed by atoms with Gasteiger partial charge in [0.1, 0.15) is 0 Å². The first-order chi connectivity index (χ1) is 7.43. The molecule has 5 nitrogen and oxygen atoms in total. The van der Waals surface area contributed by atoms with E-state index in [0.717, 1.165) is 0 Å². The maximum atomic E-state index is 11.3. The Hall–Kier alpha value is -1.10. The number of hydrogen-bond donors (Lipinski definition) is 3. The highest BCUT2D eigenvalue weighted by Gasteiger charge is 2.10. The van der Waals surface area contributed by atoms with Gasteiger partial charge in [0.15, 0.2) is 0 Å². The molecule has 3 N–H and O–H groups in total. The molecular weight excluding hydrogens is 208 g/mol. The van der Waals surface area contributed by atoms with Gasteiger partial charge >= 0.3 is 5.97 Å². The molecule has 0 fully saturated rings. The Morgan fingerprint density at radius 3 is 2.31 bits per heavy atom. The SMILES string of the molecule is CC(C)NCCC(=O)NCCC(C)C(=O)O. The fraction of sp³-hybridized carbons (Fsp3) is 0.818. The van der Waals surface area contributed by atoms with Crippen LogP contribution in [0.1, 0.15) is 33.6 Å². The van der Waals surface area contributed by atoms with Gasteiger partial charge in [0.2, 0.25) is 5.91 Å². The number of carbonyl (C=O) groups is 2. The van der Waals surface area contributed by atoms with Gasteiger partial charge < -0.3 is 15.7 Å². The zero-order valence-electron chi connectivity index (χ0n) is 10.2. The fourth-order valence-electron chi connectivity index (χ4n) is 1.11. The summed E-state index contributed by atoms with van der Waals surface area (Å²) >= 11 is 0. The molecule has 0 rings (SSSR count). The summed E-state index contributed by atoms with van der Waals surface area (Å²) in [6, 6.07) is 0.375. The summed E-state index contributed by atoms with van der Waals surface area (Å²) < 4.78 is 0. The number of carboxylic acids is 1. The second-order valence-corrected chi connectivity index (χ2v) is 4.24. The van der Waals surface area contributed by atoms with Crippen LogP contribution < -0.4 is 10.6 Å². The minimum atomic E-state index is -0.823. The van der Waals surface area contributed by atoms with Gasteiger partial charge in [0, 0.05) is 25.6 Å². The van der Waals surface area contributed by atoms with E-state index in [-0.39, 0.29) is 5.91 Å². The molecule has 0 bridgehead atoms. The Morgan fingerprint density at radius 2 is 1.81 bits per heavy atom. The quantitative estimate of drug-likeness (QED) is 0.570. The first-order valence-corrected chi connectivity index (χ1v) is 5.66. The third kappa shape index (κ3) is 8.23. The van der Waals surface area contributed by atoms with Crippen LogP contribution >= 0.6 is 0 Å². The molecule has 0 radical (unpaired) electrons. The summed E-state index contributed by atoms with van der Waals surface area (Å²) in [6.45, 7) is 6.75. The van der Waals surface area contributed by atoms with Crippen molar-refractivity contribution in [3.63, 3.8) is 0 Å². The van der Waals surface area contributed by atoms with E-state index in [1.807, 2.05) is 13.8 Å². The summed E-state index contributed by atoms with van der Waals surface area (Å²) in [5, 5.41) is 14.5. The molecule has 94 valence electrons. The number of carbonyl (C=O) groups excluding carboxylic acids is 1. The van der Waals surface area contributed by atoms with Crippen molar-refractivity contribution < 1.29 is 14.7 Å². The topological polar surface area (TPSA) is 78.4 Å². The lowest BCUT2D eigenvalue weighted by molar-refractivity contribution is -0.141. The van der Waals surface area contributed by atoms with Crippen molar-refractivity contribution >= 4 is 11.9 Å². The molecule has 0 aliphatic heterocycles. The third-order valence-electron chi connectivity index (χ3n) is 2.23. The van der Waals surface area contributed by atoms with E-state index in [0.29, 0.717) is 32.0 Å². The lowest BCUT2D eigenvalue weighted by Gasteiger charge is -2.09. The van der Waals surface area contributed by atoms with Crippen LogP contribution in [0.3, 0.4) is 0 Å². The second-order valence-electron chi connectivity index (χ2n) is 4.24. The molecule has 0 aromatic carbocycles. The van der Waals surface area contributed by atoms with Crippen molar-refractivity contribution in [1.29, 1.82) is 0 Å². The Labute approximate surface area is 96.6 Å². The number of aliphatic carboxylic acids is 1. The van der Waals surface area contributed by atoms with Gasteiger partial charge in [-0.1, -0.05) is 20.8 Å². The number of nitrogens with one attached hydrogen (secondary N) is 2. The van der Waals surface area contributed by atoms with Gasteiger partial charge in [-0.05, 0) is 6.42 Å². The van der Waals surface area contributed by atoms with Crippen molar-refractivity contribution in [3.05, 3.63) is 0 Å². The van der Waals surface area contributed by atoms with Crippen molar-refractivity contribution in [2.75, 3.05) is 13.1 Å². The predicted molar refractivity (Wildman–Crippen MR) is 62.2 cm³/mol. The van der Waals surface area contributed by atoms with Gasteiger partial charge in [-0.15, -0.1) is 0 Å². The van der Waals surface area contributed by atoms with Gasteiger partial charge in [0.05, 0.1) is 5.92 Å². The van der Waals surface area contributed by atoms with Crippen LogP contribution in [0.15, 0.2) is 0 Å². The average molecular weight is 230 g/mol. The Bertz CT molecular complexity index is 229. The maximum absolute atomic E-state index is 11.3. The minimum Gasteiger partial charge on any atom is -0.481 e. The van der Waals surface area contributed by atoms with E-state index in [1.54, 1.807) is 6.92 Å². The number of rotatable bonds is 8. The standard InChI is InChI=1S/C11H22N2O3/c1-8(2)12-7-5-10(14)13-6-4-9(3)11(15)16/h8-9,12H,4-7H2,1-3H3,(H,13,14)(H,15,16). The second kappa shape index (κ2) is 8.10. The summed E-state index contributed by atoms with van der Waals surface area (Å²) in [4.78, 5) is 21.8.